The summed E-state index contributed by atoms with van der Waals surface area (Å²) in [4.78, 5) is 48.9. The summed E-state index contributed by atoms with van der Waals surface area (Å²) in [5.41, 5.74) is -9.29. The van der Waals surface area contributed by atoms with E-state index in [4.69, 9.17) is 0 Å². The summed E-state index contributed by atoms with van der Waals surface area (Å²) in [7, 11) is 0. The van der Waals surface area contributed by atoms with Gasteiger partial charge in [-0.2, -0.15) is 26.3 Å². The highest BCUT2D eigenvalue weighted by Gasteiger charge is 2.72. The number of ketones is 1. The van der Waals surface area contributed by atoms with Gasteiger partial charge in [0.15, 0.2) is 12.1 Å². The fourth-order valence-corrected chi connectivity index (χ4v) is 4.16. The van der Waals surface area contributed by atoms with E-state index in [1.54, 1.807) is 0 Å². The van der Waals surface area contributed by atoms with Crippen molar-refractivity contribution in [3.05, 3.63) is 69.8 Å². The van der Waals surface area contributed by atoms with Crippen LogP contribution < -0.4 is 0 Å². The lowest BCUT2D eigenvalue weighted by Crippen LogP contribution is -2.55. The van der Waals surface area contributed by atoms with E-state index in [-0.39, 0.29) is 17.4 Å². The van der Waals surface area contributed by atoms with Crippen LogP contribution in [0.4, 0.5) is 26.3 Å². The molecule has 11 heteroatoms. The highest BCUT2D eigenvalue weighted by atomic mass is 19.4. The van der Waals surface area contributed by atoms with Crippen molar-refractivity contribution < 1.29 is 45.5 Å². The second kappa shape index (κ2) is 8.07. The molecule has 0 fully saturated rings. The van der Waals surface area contributed by atoms with E-state index < -0.39 is 63.7 Å². The Balaban J connectivity index is 2.40. The third kappa shape index (κ3) is 3.50. The van der Waals surface area contributed by atoms with Gasteiger partial charge < -0.3 is 0 Å². The predicted octanol–water partition coefficient (Wildman–Crippen LogP) is 5.12. The number of hydrogen-bond acceptors (Lipinski definition) is 4. The van der Waals surface area contributed by atoms with Crippen LogP contribution in [0.2, 0.25) is 0 Å². The average Bonchev–Trinajstić information content (AvgIpc) is 2.96. The Labute approximate surface area is 189 Å². The van der Waals surface area contributed by atoms with Gasteiger partial charge in [-0.15, -0.1) is 0 Å². The number of Topliss-reactive ketones (excluding diaryl/α,β-unsaturated/α-hetero) is 1. The van der Waals surface area contributed by atoms with Crippen molar-refractivity contribution >= 4 is 23.9 Å². The van der Waals surface area contributed by atoms with Gasteiger partial charge in [0.25, 0.3) is 11.8 Å². The molecule has 0 unspecified atom stereocenters. The molecule has 1 aliphatic heterocycles. The molecule has 2 aromatic carbocycles. The topological polar surface area (TPSA) is 71.5 Å². The second-order valence-corrected chi connectivity index (χ2v) is 8.06. The molecule has 0 aromatic heterocycles. The van der Waals surface area contributed by atoms with Crippen LogP contribution in [-0.2, 0) is 5.41 Å². The molecule has 34 heavy (non-hydrogen) atoms. The number of aldehydes is 1. The summed E-state index contributed by atoms with van der Waals surface area (Å²) < 4.78 is 86.6. The highest BCUT2D eigenvalue weighted by molar-refractivity contribution is 6.21. The van der Waals surface area contributed by atoms with Crippen LogP contribution in [0.25, 0.3) is 0 Å². The standard InChI is InChI=1S/C23H17F6NO4/c1-11(2)30-19(33)17-7-5-15(9-18(17)20(30)34)21(22(24,25)26,23(27,28)29)14-4-6-16(12(3)32)13(8-14)10-31/h4-11H,1-3H3. The molecular formula is C23H17F6NO4. The number of nitrogens with zero attached hydrogens (tertiary/aromatic N) is 1. The number of carbonyl (C=O) groups is 4. The van der Waals surface area contributed by atoms with E-state index in [9.17, 15) is 45.5 Å². The molecule has 0 aliphatic carbocycles. The molecule has 2 amide bonds. The van der Waals surface area contributed by atoms with E-state index in [2.05, 4.69) is 0 Å². The molecule has 0 bridgehead atoms. The van der Waals surface area contributed by atoms with Gasteiger partial charge in [0.05, 0.1) is 11.1 Å². The zero-order chi connectivity index (χ0) is 25.8. The Bertz CT molecular complexity index is 1200. The molecule has 0 radical (unpaired) electrons. The molecule has 2 aromatic rings. The first-order valence-electron chi connectivity index (χ1n) is 9.86. The van der Waals surface area contributed by atoms with Crippen LogP contribution in [0.1, 0.15) is 73.3 Å². The van der Waals surface area contributed by atoms with Crippen LogP contribution in [-0.4, -0.2) is 47.2 Å². The minimum Gasteiger partial charge on any atom is -0.298 e. The van der Waals surface area contributed by atoms with E-state index in [1.807, 2.05) is 0 Å². The quantitative estimate of drug-likeness (QED) is 0.255. The highest BCUT2D eigenvalue weighted by Crippen LogP contribution is 2.56. The largest absolute Gasteiger partial charge is 0.411 e. The normalized spacial score (nSPS) is 14.6. The first-order chi connectivity index (χ1) is 15.6. The third-order valence-corrected chi connectivity index (χ3v) is 5.71. The number of imide groups is 1. The molecule has 0 atom stereocenters. The molecule has 0 saturated carbocycles. The minimum atomic E-state index is -5.99. The average molecular weight is 485 g/mol. The van der Waals surface area contributed by atoms with E-state index in [0.717, 1.165) is 24.0 Å². The van der Waals surface area contributed by atoms with Gasteiger partial charge in [-0.25, -0.2) is 0 Å². The van der Waals surface area contributed by atoms with Crippen LogP contribution in [0.3, 0.4) is 0 Å². The Kier molecular flexibility index (Phi) is 5.96. The monoisotopic (exact) mass is 485 g/mol. The first-order valence-corrected chi connectivity index (χ1v) is 9.86. The van der Waals surface area contributed by atoms with Gasteiger partial charge in [-0.3, -0.25) is 24.1 Å². The predicted molar refractivity (Wildman–Crippen MR) is 107 cm³/mol. The van der Waals surface area contributed by atoms with E-state index >= 15 is 0 Å². The van der Waals surface area contributed by atoms with E-state index in [0.29, 0.717) is 24.3 Å². The lowest BCUT2D eigenvalue weighted by molar-refractivity contribution is -0.288. The maximum atomic E-state index is 14.4. The zero-order valence-corrected chi connectivity index (χ0v) is 18.0. The van der Waals surface area contributed by atoms with Gasteiger partial charge in [0.1, 0.15) is 0 Å². The maximum absolute atomic E-state index is 14.4. The number of rotatable bonds is 5. The van der Waals surface area contributed by atoms with Gasteiger partial charge in [0.2, 0.25) is 5.41 Å². The summed E-state index contributed by atoms with van der Waals surface area (Å²) in [5, 5.41) is 0. The first kappa shape index (κ1) is 25.1. The summed E-state index contributed by atoms with van der Waals surface area (Å²) in [6.45, 7) is 3.94. The molecule has 0 spiro atoms. The molecule has 1 aliphatic rings. The van der Waals surface area contributed by atoms with Crippen LogP contribution >= 0.6 is 0 Å². The smallest absolute Gasteiger partial charge is 0.298 e. The number of benzene rings is 2. The van der Waals surface area contributed by atoms with Crippen molar-refractivity contribution in [2.75, 3.05) is 0 Å². The summed E-state index contributed by atoms with van der Waals surface area (Å²) in [6.07, 6.45) is -12.0. The summed E-state index contributed by atoms with van der Waals surface area (Å²) in [6, 6.07) is 2.55. The fraction of sp³-hybridized carbons (Fsp3) is 0.304. The molecule has 0 saturated heterocycles. The molecule has 3 rings (SSSR count). The third-order valence-electron chi connectivity index (χ3n) is 5.71. The van der Waals surface area contributed by atoms with Gasteiger partial charge >= 0.3 is 12.4 Å². The fourth-order valence-electron chi connectivity index (χ4n) is 4.16. The maximum Gasteiger partial charge on any atom is 0.411 e. The minimum absolute atomic E-state index is 0.0108. The lowest BCUT2D eigenvalue weighted by atomic mass is 9.71. The Morgan fingerprint density at radius 2 is 1.35 bits per heavy atom. The molecular weight excluding hydrogens is 468 g/mol. The van der Waals surface area contributed by atoms with Crippen molar-refractivity contribution in [2.45, 2.75) is 44.6 Å². The van der Waals surface area contributed by atoms with Gasteiger partial charge in [-0.1, -0.05) is 18.2 Å². The van der Waals surface area contributed by atoms with Gasteiger partial charge in [0, 0.05) is 17.2 Å². The summed E-state index contributed by atoms with van der Waals surface area (Å²) in [5.74, 6) is -2.58. The van der Waals surface area contributed by atoms with Crippen molar-refractivity contribution in [3.8, 4) is 0 Å². The number of amides is 2. The number of fused-ring (bicyclic) bond motifs is 1. The van der Waals surface area contributed by atoms with Crippen molar-refractivity contribution in [2.24, 2.45) is 0 Å². The lowest BCUT2D eigenvalue weighted by Gasteiger charge is -2.38. The van der Waals surface area contributed by atoms with Crippen molar-refractivity contribution in [1.82, 2.24) is 4.90 Å². The second-order valence-electron chi connectivity index (χ2n) is 8.06. The Morgan fingerprint density at radius 1 is 0.853 bits per heavy atom. The Hall–Kier alpha value is -3.50. The molecule has 5 nitrogen and oxygen atoms in total. The number of halogens is 6. The number of hydrogen-bond donors (Lipinski definition) is 0. The van der Waals surface area contributed by atoms with Crippen molar-refractivity contribution in [1.29, 1.82) is 0 Å². The molecule has 1 heterocycles. The number of carbonyl (C=O) groups excluding carboxylic acids is 4. The Morgan fingerprint density at radius 3 is 1.82 bits per heavy atom. The van der Waals surface area contributed by atoms with Crippen LogP contribution in [0, 0.1) is 0 Å². The van der Waals surface area contributed by atoms with Crippen LogP contribution in [0.15, 0.2) is 36.4 Å². The van der Waals surface area contributed by atoms with Crippen LogP contribution in [0.5, 0.6) is 0 Å². The summed E-state index contributed by atoms with van der Waals surface area (Å²) >= 11 is 0. The molecule has 0 N–H and O–H groups in total. The van der Waals surface area contributed by atoms with E-state index in [1.165, 1.54) is 13.8 Å². The molecule has 180 valence electrons. The van der Waals surface area contributed by atoms with Crippen molar-refractivity contribution in [3.63, 3.8) is 0 Å². The number of alkyl halides is 6. The zero-order valence-electron chi connectivity index (χ0n) is 18.0. The SMILES string of the molecule is CC(=O)c1ccc(C(c2ccc3c(c2)C(=O)N(C(C)C)C3=O)(C(F)(F)F)C(F)(F)F)cc1C=O. The van der Waals surface area contributed by atoms with Gasteiger partial charge in [-0.05, 0) is 50.1 Å².